The molecule has 2 aliphatic rings. The van der Waals surface area contributed by atoms with Crippen LogP contribution in [0.2, 0.25) is 0 Å². The molecule has 0 N–H and O–H groups in total. The van der Waals surface area contributed by atoms with Gasteiger partial charge < -0.3 is 0 Å². The molecule has 0 atom stereocenters. The number of aromatic nitrogens is 4. The van der Waals surface area contributed by atoms with Crippen molar-refractivity contribution in [2.45, 2.75) is 25.7 Å². The second-order valence-electron chi connectivity index (χ2n) is 11.5. The van der Waals surface area contributed by atoms with Crippen molar-refractivity contribution in [2.75, 3.05) is 0 Å². The first kappa shape index (κ1) is 26.4. The van der Waals surface area contributed by atoms with Gasteiger partial charge in [-0.25, -0.2) is 4.98 Å². The molecule has 8 rings (SSSR count). The molecule has 1 aliphatic carbocycles. The minimum absolute atomic E-state index is 0.171. The molecule has 0 saturated carbocycles. The van der Waals surface area contributed by atoms with Crippen molar-refractivity contribution in [3.8, 4) is 28.5 Å². The molecule has 210 valence electrons. The minimum Gasteiger partial charge on any atom is -0.282 e. The van der Waals surface area contributed by atoms with Gasteiger partial charge in [0.05, 0.1) is 5.52 Å². The molecule has 44 heavy (non-hydrogen) atoms. The highest BCUT2D eigenvalue weighted by Gasteiger charge is 2.37. The Labute approximate surface area is 258 Å². The molecule has 4 nitrogen and oxygen atoms in total. The van der Waals surface area contributed by atoms with Crippen LogP contribution in [0.1, 0.15) is 29.9 Å². The van der Waals surface area contributed by atoms with Crippen LogP contribution < -0.4 is 16.4 Å². The van der Waals surface area contributed by atoms with Crippen molar-refractivity contribution < 1.29 is 0 Å². The molecule has 2 aromatic heterocycles. The lowest BCUT2D eigenvalue weighted by molar-refractivity contribution is 0.661. The smallest absolute Gasteiger partial charge is 0.243 e. The zero-order valence-electron chi connectivity index (χ0n) is 24.6. The number of hydrogen-bond acceptors (Lipinski definition) is 3. The van der Waals surface area contributed by atoms with Crippen molar-refractivity contribution in [3.05, 3.63) is 146 Å². The van der Waals surface area contributed by atoms with Crippen LogP contribution in [0, 0.1) is 0 Å². The predicted octanol–water partition coefficient (Wildman–Crippen LogP) is 6.61. The van der Waals surface area contributed by atoms with Gasteiger partial charge in [0.25, 0.3) is 0 Å². The van der Waals surface area contributed by atoms with Gasteiger partial charge in [-0.15, -0.1) is 0 Å². The first-order chi connectivity index (χ1) is 21.8. The van der Waals surface area contributed by atoms with E-state index >= 15 is 0 Å². The molecule has 6 aromatic rings. The van der Waals surface area contributed by atoms with Gasteiger partial charge in [0, 0.05) is 16.8 Å². The molecule has 4 aromatic carbocycles. The molecule has 0 spiro atoms. The quantitative estimate of drug-likeness (QED) is 0.168. The average molecular weight is 567 g/mol. The molecule has 0 bridgehead atoms. The monoisotopic (exact) mass is 566 g/mol. The summed E-state index contributed by atoms with van der Waals surface area (Å²) >= 11 is 0. The Balaban J connectivity index is 1.45. The summed E-state index contributed by atoms with van der Waals surface area (Å²) in [5.41, 5.74) is 12.4. The zero-order chi connectivity index (χ0) is 29.6. The molecule has 5 heteroatoms. The summed E-state index contributed by atoms with van der Waals surface area (Å²) in [7, 11) is 0. The number of hydrogen-bond donors (Lipinski definition) is 0. The van der Waals surface area contributed by atoms with Gasteiger partial charge in [-0.2, -0.15) is 9.97 Å². The van der Waals surface area contributed by atoms with Crippen LogP contribution >= 0.6 is 0 Å². The molecule has 3 heterocycles. The Hall–Kier alpha value is -5.29. The first-order valence-electron chi connectivity index (χ1n) is 15.4. The van der Waals surface area contributed by atoms with Gasteiger partial charge in [-0.3, -0.25) is 4.57 Å². The molecule has 0 amide bonds. The van der Waals surface area contributed by atoms with Crippen LogP contribution in [0.15, 0.2) is 128 Å². The molecule has 1 aliphatic heterocycles. The standard InChI is InChI=1S/C39H31BN4/c1-3-15-26(4-2)37-41-38(27-16-7-5-8-17-27)43-39(42-37)44-33-23-14-12-21-31(33)35-34(44)25-24-30-29-20-11-13-22-32(29)40(36(30)35)28-18-9-6-10-19-28/h3-11,13,15-20,22,24-25H,1-2,12,14,21,23H2/b26-15+. The fourth-order valence-corrected chi connectivity index (χ4v) is 7.24. The number of benzene rings is 4. The Morgan fingerprint density at radius 3 is 2.30 bits per heavy atom. The number of rotatable bonds is 6. The summed E-state index contributed by atoms with van der Waals surface area (Å²) in [6.07, 6.45) is 9.79. The zero-order valence-corrected chi connectivity index (χ0v) is 24.6. The lowest BCUT2D eigenvalue weighted by Crippen LogP contribution is -2.49. The normalized spacial score (nSPS) is 13.8. The van der Waals surface area contributed by atoms with E-state index in [9.17, 15) is 0 Å². The predicted molar refractivity (Wildman–Crippen MR) is 184 cm³/mol. The van der Waals surface area contributed by atoms with Gasteiger partial charge in [0.15, 0.2) is 11.6 Å². The van der Waals surface area contributed by atoms with Gasteiger partial charge in [-0.1, -0.05) is 139 Å². The Bertz CT molecular complexity index is 2110. The Kier molecular flexibility index (Phi) is 6.45. The maximum Gasteiger partial charge on any atom is 0.243 e. The van der Waals surface area contributed by atoms with Crippen LogP contribution in [0.4, 0.5) is 0 Å². The maximum atomic E-state index is 5.14. The van der Waals surface area contributed by atoms with Gasteiger partial charge in [0.2, 0.25) is 12.7 Å². The molecule has 0 fully saturated rings. The number of nitrogens with zero attached hydrogens (tertiary/aromatic N) is 4. The van der Waals surface area contributed by atoms with E-state index in [1.54, 1.807) is 12.2 Å². The van der Waals surface area contributed by atoms with Crippen molar-refractivity contribution in [1.29, 1.82) is 0 Å². The fraction of sp³-hybridized carbons (Fsp3) is 0.103. The molecular formula is C39H31BN4. The number of aryl methyl sites for hydroxylation is 1. The molecule has 0 unspecified atom stereocenters. The van der Waals surface area contributed by atoms with Crippen molar-refractivity contribution in [2.24, 2.45) is 0 Å². The van der Waals surface area contributed by atoms with Crippen LogP contribution in [0.25, 0.3) is 44.9 Å². The maximum absolute atomic E-state index is 5.14. The third-order valence-corrected chi connectivity index (χ3v) is 9.09. The second-order valence-corrected chi connectivity index (χ2v) is 11.5. The summed E-state index contributed by atoms with van der Waals surface area (Å²) < 4.78 is 2.32. The van der Waals surface area contributed by atoms with Gasteiger partial charge in [0.1, 0.15) is 0 Å². The van der Waals surface area contributed by atoms with Crippen LogP contribution in [0.3, 0.4) is 0 Å². The highest BCUT2D eigenvalue weighted by molar-refractivity contribution is 7.00. The van der Waals surface area contributed by atoms with Crippen LogP contribution in [-0.4, -0.2) is 26.2 Å². The summed E-state index contributed by atoms with van der Waals surface area (Å²) in [5, 5.41) is 1.36. The largest absolute Gasteiger partial charge is 0.282 e. The topological polar surface area (TPSA) is 43.6 Å². The van der Waals surface area contributed by atoms with E-state index in [4.69, 9.17) is 15.0 Å². The van der Waals surface area contributed by atoms with Crippen LogP contribution in [0.5, 0.6) is 0 Å². The van der Waals surface area contributed by atoms with E-state index in [1.165, 1.54) is 50.6 Å². The van der Waals surface area contributed by atoms with E-state index in [0.29, 0.717) is 17.6 Å². The lowest BCUT2D eigenvalue weighted by Gasteiger charge is -2.16. The highest BCUT2D eigenvalue weighted by atomic mass is 15.2. The SMILES string of the molecule is C=C/C=C(\C=C)c1nc(-c2ccccc2)nc(-n2c3c(c4c5c(ccc42)-c2ccccc2B5c2ccccc2)CCCC3)n1. The summed E-state index contributed by atoms with van der Waals surface area (Å²) in [6, 6.07) is 34.6. The summed E-state index contributed by atoms with van der Waals surface area (Å²) in [6.45, 7) is 8.12. The summed E-state index contributed by atoms with van der Waals surface area (Å²) in [4.78, 5) is 15.2. The van der Waals surface area contributed by atoms with Crippen LogP contribution in [-0.2, 0) is 12.8 Å². The lowest BCUT2D eigenvalue weighted by atomic mass is 9.38. The minimum atomic E-state index is 0.171. The third kappa shape index (κ3) is 4.11. The highest BCUT2D eigenvalue weighted by Crippen LogP contribution is 2.37. The van der Waals surface area contributed by atoms with Crippen molar-refractivity contribution in [3.63, 3.8) is 0 Å². The molecule has 0 saturated heterocycles. The fourth-order valence-electron chi connectivity index (χ4n) is 7.24. The first-order valence-corrected chi connectivity index (χ1v) is 15.4. The van der Waals surface area contributed by atoms with Gasteiger partial charge in [-0.05, 0) is 53.8 Å². The number of allylic oxidation sites excluding steroid dienone is 4. The number of fused-ring (bicyclic) bond motifs is 7. The summed E-state index contributed by atoms with van der Waals surface area (Å²) in [5.74, 6) is 1.88. The Morgan fingerprint density at radius 1 is 0.750 bits per heavy atom. The molecule has 0 radical (unpaired) electrons. The average Bonchev–Trinajstić information content (AvgIpc) is 3.61. The van der Waals surface area contributed by atoms with E-state index in [0.717, 1.165) is 35.9 Å². The van der Waals surface area contributed by atoms with E-state index in [1.807, 2.05) is 36.4 Å². The molecular weight excluding hydrogens is 535 g/mol. The van der Waals surface area contributed by atoms with E-state index in [-0.39, 0.29) is 6.71 Å². The van der Waals surface area contributed by atoms with Crippen molar-refractivity contribution >= 4 is 39.6 Å². The third-order valence-electron chi connectivity index (χ3n) is 9.09. The van der Waals surface area contributed by atoms with Gasteiger partial charge >= 0.3 is 0 Å². The van der Waals surface area contributed by atoms with Crippen molar-refractivity contribution in [1.82, 2.24) is 19.5 Å². The second kappa shape index (κ2) is 10.8. The van der Waals surface area contributed by atoms with E-state index < -0.39 is 0 Å². The van der Waals surface area contributed by atoms with E-state index in [2.05, 4.69) is 84.5 Å². The Morgan fingerprint density at radius 2 is 1.50 bits per heavy atom.